The number of carbonyl (C=O) groups excluding carboxylic acids is 1. The summed E-state index contributed by atoms with van der Waals surface area (Å²) in [6.07, 6.45) is 0.761. The van der Waals surface area contributed by atoms with Crippen LogP contribution in [0.25, 0.3) is 10.1 Å². The van der Waals surface area contributed by atoms with Crippen molar-refractivity contribution >= 4 is 27.3 Å². The SMILES string of the molecule is C[C@](O)(CNC(=O)[C@H]1CCOC1)c1cc2ccccc2s1. The molecule has 112 valence electrons. The minimum atomic E-state index is -1.06. The number of carbonyl (C=O) groups is 1. The van der Waals surface area contributed by atoms with E-state index in [1.54, 1.807) is 18.3 Å². The molecular formula is C16H19NO3S. The molecule has 1 aromatic heterocycles. The number of hydrogen-bond acceptors (Lipinski definition) is 4. The molecule has 0 aliphatic carbocycles. The van der Waals surface area contributed by atoms with Gasteiger partial charge >= 0.3 is 0 Å². The lowest BCUT2D eigenvalue weighted by Gasteiger charge is -2.23. The topological polar surface area (TPSA) is 58.6 Å². The Hall–Kier alpha value is -1.43. The zero-order valence-electron chi connectivity index (χ0n) is 12.0. The number of ether oxygens (including phenoxy) is 1. The standard InChI is InChI=1S/C16H19NO3S/c1-16(19,10-17-15(18)12-6-7-20-9-12)14-8-11-4-2-3-5-13(11)21-14/h2-5,8,12,19H,6-7,9-10H2,1H3,(H,17,18)/t12-,16-/m0/s1. The number of fused-ring (bicyclic) bond motifs is 1. The molecule has 2 heterocycles. The number of aliphatic hydroxyl groups is 1. The Balaban J connectivity index is 1.69. The van der Waals surface area contributed by atoms with Gasteiger partial charge in [0, 0.05) is 16.2 Å². The molecule has 5 heteroatoms. The molecule has 1 aromatic carbocycles. The van der Waals surface area contributed by atoms with Crippen LogP contribution in [0.15, 0.2) is 30.3 Å². The number of thiophene rings is 1. The maximum atomic E-state index is 12.0. The van der Waals surface area contributed by atoms with Gasteiger partial charge in [-0.15, -0.1) is 11.3 Å². The van der Waals surface area contributed by atoms with Crippen molar-refractivity contribution in [3.63, 3.8) is 0 Å². The van der Waals surface area contributed by atoms with Crippen LogP contribution < -0.4 is 5.32 Å². The summed E-state index contributed by atoms with van der Waals surface area (Å²) in [7, 11) is 0. The first-order valence-electron chi connectivity index (χ1n) is 7.13. The van der Waals surface area contributed by atoms with Crippen molar-refractivity contribution in [3.05, 3.63) is 35.2 Å². The molecule has 3 rings (SSSR count). The zero-order valence-corrected chi connectivity index (χ0v) is 12.8. The summed E-state index contributed by atoms with van der Waals surface area (Å²) in [5, 5.41) is 14.6. The molecule has 0 radical (unpaired) electrons. The van der Waals surface area contributed by atoms with Crippen molar-refractivity contribution in [1.82, 2.24) is 5.32 Å². The van der Waals surface area contributed by atoms with Gasteiger partial charge in [0.1, 0.15) is 5.60 Å². The van der Waals surface area contributed by atoms with Crippen LogP contribution in [0.5, 0.6) is 0 Å². The van der Waals surface area contributed by atoms with E-state index in [0.29, 0.717) is 13.2 Å². The molecule has 1 amide bonds. The van der Waals surface area contributed by atoms with Crippen LogP contribution in [0.4, 0.5) is 0 Å². The second-order valence-electron chi connectivity index (χ2n) is 5.70. The summed E-state index contributed by atoms with van der Waals surface area (Å²) in [6, 6.07) is 10.0. The predicted octanol–water partition coefficient (Wildman–Crippen LogP) is 2.26. The Morgan fingerprint density at radius 1 is 1.52 bits per heavy atom. The molecular weight excluding hydrogens is 286 g/mol. The van der Waals surface area contributed by atoms with Crippen molar-refractivity contribution in [2.45, 2.75) is 18.9 Å². The molecule has 21 heavy (non-hydrogen) atoms. The number of benzene rings is 1. The van der Waals surface area contributed by atoms with Gasteiger partial charge < -0.3 is 15.2 Å². The van der Waals surface area contributed by atoms with Crippen LogP contribution in [0.1, 0.15) is 18.2 Å². The zero-order chi connectivity index (χ0) is 14.9. The van der Waals surface area contributed by atoms with E-state index in [4.69, 9.17) is 4.74 Å². The Morgan fingerprint density at radius 3 is 3.05 bits per heavy atom. The highest BCUT2D eigenvalue weighted by Gasteiger charge is 2.29. The van der Waals surface area contributed by atoms with Crippen molar-refractivity contribution in [2.75, 3.05) is 19.8 Å². The van der Waals surface area contributed by atoms with Crippen LogP contribution in [0.3, 0.4) is 0 Å². The van der Waals surface area contributed by atoms with Crippen LogP contribution in [0.2, 0.25) is 0 Å². The van der Waals surface area contributed by atoms with Gasteiger partial charge in [-0.25, -0.2) is 0 Å². The van der Waals surface area contributed by atoms with Gasteiger partial charge in [-0.3, -0.25) is 4.79 Å². The van der Waals surface area contributed by atoms with Crippen LogP contribution in [0, 0.1) is 5.92 Å². The second-order valence-corrected chi connectivity index (χ2v) is 6.78. The van der Waals surface area contributed by atoms with E-state index in [-0.39, 0.29) is 18.4 Å². The first-order valence-corrected chi connectivity index (χ1v) is 7.95. The molecule has 1 aliphatic rings. The Labute approximate surface area is 127 Å². The monoisotopic (exact) mass is 305 g/mol. The van der Waals surface area contributed by atoms with Crippen LogP contribution in [-0.4, -0.2) is 30.8 Å². The first-order chi connectivity index (χ1) is 10.1. The van der Waals surface area contributed by atoms with Crippen LogP contribution in [-0.2, 0) is 15.1 Å². The fourth-order valence-electron chi connectivity index (χ4n) is 2.48. The summed E-state index contributed by atoms with van der Waals surface area (Å²) < 4.78 is 6.36. The molecule has 0 saturated carbocycles. The Morgan fingerprint density at radius 2 is 2.33 bits per heavy atom. The fraction of sp³-hybridized carbons (Fsp3) is 0.438. The lowest BCUT2D eigenvalue weighted by atomic mass is 10.0. The number of hydrogen-bond donors (Lipinski definition) is 2. The van der Waals surface area contributed by atoms with Gasteiger partial charge in [0.05, 0.1) is 19.1 Å². The molecule has 0 spiro atoms. The highest BCUT2D eigenvalue weighted by molar-refractivity contribution is 7.19. The molecule has 1 fully saturated rings. The quantitative estimate of drug-likeness (QED) is 0.911. The smallest absolute Gasteiger partial charge is 0.225 e. The average molecular weight is 305 g/mol. The molecule has 4 nitrogen and oxygen atoms in total. The normalized spacial score (nSPS) is 21.3. The van der Waals surface area contributed by atoms with Crippen molar-refractivity contribution in [3.8, 4) is 0 Å². The minimum absolute atomic E-state index is 0.0334. The van der Waals surface area contributed by atoms with Gasteiger partial charge in [-0.2, -0.15) is 0 Å². The van der Waals surface area contributed by atoms with Gasteiger partial charge in [-0.1, -0.05) is 18.2 Å². The fourth-order valence-corrected chi connectivity index (χ4v) is 3.59. The largest absolute Gasteiger partial charge is 0.383 e. The first kappa shape index (κ1) is 14.5. The van der Waals surface area contributed by atoms with Gasteiger partial charge in [0.15, 0.2) is 0 Å². The maximum absolute atomic E-state index is 12.0. The van der Waals surface area contributed by atoms with Crippen molar-refractivity contribution < 1.29 is 14.6 Å². The lowest BCUT2D eigenvalue weighted by molar-refractivity contribution is -0.126. The Kier molecular flexibility index (Phi) is 3.97. The molecule has 0 unspecified atom stereocenters. The van der Waals surface area contributed by atoms with Crippen molar-refractivity contribution in [1.29, 1.82) is 0 Å². The highest BCUT2D eigenvalue weighted by Crippen LogP contribution is 2.32. The van der Waals surface area contributed by atoms with Gasteiger partial charge in [-0.05, 0) is 30.9 Å². The summed E-state index contributed by atoms with van der Waals surface area (Å²) in [5.74, 6) is -0.114. The van der Waals surface area contributed by atoms with E-state index < -0.39 is 5.60 Å². The third kappa shape index (κ3) is 3.10. The van der Waals surface area contributed by atoms with E-state index in [9.17, 15) is 9.90 Å². The lowest BCUT2D eigenvalue weighted by Crippen LogP contribution is -2.41. The summed E-state index contributed by atoms with van der Waals surface area (Å²) in [4.78, 5) is 12.9. The molecule has 2 aromatic rings. The highest BCUT2D eigenvalue weighted by atomic mass is 32.1. The molecule has 2 N–H and O–H groups in total. The maximum Gasteiger partial charge on any atom is 0.225 e. The second kappa shape index (κ2) is 5.75. The van der Waals surface area contributed by atoms with E-state index in [1.165, 1.54) is 0 Å². The third-order valence-electron chi connectivity index (χ3n) is 3.86. The Bertz CT molecular complexity index is 611. The number of amides is 1. The molecule has 0 bridgehead atoms. The van der Waals surface area contributed by atoms with Crippen LogP contribution >= 0.6 is 11.3 Å². The molecule has 1 aliphatic heterocycles. The average Bonchev–Trinajstić information content (AvgIpc) is 3.13. The van der Waals surface area contributed by atoms with Gasteiger partial charge in [0.25, 0.3) is 0 Å². The molecule has 1 saturated heterocycles. The number of nitrogens with one attached hydrogen (secondary N) is 1. The summed E-state index contributed by atoms with van der Waals surface area (Å²) in [6.45, 7) is 3.08. The van der Waals surface area contributed by atoms with E-state index >= 15 is 0 Å². The predicted molar refractivity (Wildman–Crippen MR) is 83.3 cm³/mol. The third-order valence-corrected chi connectivity index (χ3v) is 5.23. The summed E-state index contributed by atoms with van der Waals surface area (Å²) >= 11 is 1.56. The van der Waals surface area contributed by atoms with E-state index in [1.807, 2.05) is 30.3 Å². The van der Waals surface area contributed by atoms with E-state index in [0.717, 1.165) is 21.4 Å². The number of rotatable bonds is 4. The van der Waals surface area contributed by atoms with E-state index in [2.05, 4.69) is 5.32 Å². The van der Waals surface area contributed by atoms with Gasteiger partial charge in [0.2, 0.25) is 5.91 Å². The molecule has 2 atom stereocenters. The van der Waals surface area contributed by atoms with Crippen molar-refractivity contribution in [2.24, 2.45) is 5.92 Å². The summed E-state index contributed by atoms with van der Waals surface area (Å²) in [5.41, 5.74) is -1.06. The minimum Gasteiger partial charge on any atom is -0.383 e.